The first-order chi connectivity index (χ1) is 21.1. The molecule has 0 aliphatic heterocycles. The molecule has 3 fully saturated rings. The van der Waals surface area contributed by atoms with Gasteiger partial charge in [0.15, 0.2) is 15.6 Å². The molecule has 0 heterocycles. The molecule has 5 nitrogen and oxygen atoms in total. The van der Waals surface area contributed by atoms with Crippen molar-refractivity contribution in [2.24, 2.45) is 46.3 Å². The second kappa shape index (κ2) is 11.7. The molecule has 6 rings (SSSR count). The van der Waals surface area contributed by atoms with Crippen LogP contribution in [-0.2, 0) is 9.84 Å². The van der Waals surface area contributed by atoms with E-state index in [2.05, 4.69) is 40.7 Å². The summed E-state index contributed by atoms with van der Waals surface area (Å²) in [5.74, 6) is 1.49. The van der Waals surface area contributed by atoms with Gasteiger partial charge in [0.05, 0.1) is 4.90 Å². The van der Waals surface area contributed by atoms with E-state index in [4.69, 9.17) is 0 Å². The van der Waals surface area contributed by atoms with Crippen molar-refractivity contribution in [2.45, 2.75) is 115 Å². The zero-order chi connectivity index (χ0) is 32.5. The highest BCUT2D eigenvalue weighted by molar-refractivity contribution is 7.92. The molecule has 0 bridgehead atoms. The number of hydrogen-bond donors (Lipinski definition) is 2. The van der Waals surface area contributed by atoms with Crippen LogP contribution in [0.3, 0.4) is 0 Å². The van der Waals surface area contributed by atoms with Crippen molar-refractivity contribution < 1.29 is 18.6 Å². The van der Waals surface area contributed by atoms with Crippen molar-refractivity contribution in [3.05, 3.63) is 48.0 Å². The molecule has 4 aliphatic rings. The summed E-state index contributed by atoms with van der Waals surface area (Å²) in [4.78, 5) is 2.18. The summed E-state index contributed by atoms with van der Waals surface area (Å²) >= 11 is 0. The molecular formula is C39H57NO4S. The van der Waals surface area contributed by atoms with Gasteiger partial charge in [0, 0.05) is 37.0 Å². The zero-order valence-electron chi connectivity index (χ0n) is 28.7. The van der Waals surface area contributed by atoms with Crippen molar-refractivity contribution in [2.75, 3.05) is 19.0 Å². The van der Waals surface area contributed by atoms with Gasteiger partial charge in [0.25, 0.3) is 0 Å². The molecule has 6 heteroatoms. The Morgan fingerprint density at radius 1 is 0.933 bits per heavy atom. The van der Waals surface area contributed by atoms with E-state index in [-0.39, 0.29) is 23.2 Å². The topological polar surface area (TPSA) is 77.8 Å². The van der Waals surface area contributed by atoms with Gasteiger partial charge in [-0.3, -0.25) is 0 Å². The predicted octanol–water partition coefficient (Wildman–Crippen LogP) is 8.38. The molecule has 0 spiro atoms. The molecular weight excluding hydrogens is 578 g/mol. The molecule has 2 aromatic carbocycles. The third kappa shape index (κ3) is 5.39. The van der Waals surface area contributed by atoms with Gasteiger partial charge in [0.2, 0.25) is 0 Å². The summed E-state index contributed by atoms with van der Waals surface area (Å²) in [7, 11) is -0.173. The van der Waals surface area contributed by atoms with Crippen molar-refractivity contribution in [3.8, 4) is 0 Å². The lowest BCUT2D eigenvalue weighted by molar-refractivity contribution is -0.185. The molecule has 3 saturated carbocycles. The van der Waals surface area contributed by atoms with Gasteiger partial charge < -0.3 is 15.1 Å². The third-order valence-electron chi connectivity index (χ3n) is 13.4. The van der Waals surface area contributed by atoms with Crippen LogP contribution >= 0.6 is 0 Å². The first-order valence-electron chi connectivity index (χ1n) is 17.7. The van der Waals surface area contributed by atoms with Gasteiger partial charge in [-0.2, -0.15) is 0 Å². The first-order valence-corrected chi connectivity index (χ1v) is 19.2. The fraction of sp³-hybridized carbons (Fsp3) is 0.692. The van der Waals surface area contributed by atoms with Crippen LogP contribution in [-0.4, -0.2) is 43.8 Å². The number of allylic oxidation sites excluding steroid dienone is 1. The molecule has 0 aromatic heterocycles. The van der Waals surface area contributed by atoms with E-state index in [1.54, 1.807) is 12.1 Å². The van der Waals surface area contributed by atoms with Gasteiger partial charge >= 0.3 is 0 Å². The number of anilines is 1. The minimum Gasteiger partial charge on any atom is -0.377 e. The Balaban J connectivity index is 1.31. The Hall–Kier alpha value is -1.89. The van der Waals surface area contributed by atoms with Gasteiger partial charge in [-0.15, -0.1) is 0 Å². The summed E-state index contributed by atoms with van der Waals surface area (Å²) in [6.45, 7) is 12.0. The summed E-state index contributed by atoms with van der Waals surface area (Å²) in [6.07, 6.45) is 12.3. The van der Waals surface area contributed by atoms with E-state index in [0.29, 0.717) is 28.6 Å². The van der Waals surface area contributed by atoms with Gasteiger partial charge in [-0.25, -0.2) is 8.42 Å². The average Bonchev–Trinajstić information content (AvgIpc) is 3.33. The number of fused-ring (bicyclic) bond motifs is 6. The maximum absolute atomic E-state index is 14.6. The van der Waals surface area contributed by atoms with Crippen LogP contribution in [0.25, 0.3) is 10.8 Å². The van der Waals surface area contributed by atoms with E-state index in [0.717, 1.165) is 47.2 Å². The molecule has 2 N–H and O–H groups in total. The molecule has 0 saturated heterocycles. The Labute approximate surface area is 272 Å². The van der Waals surface area contributed by atoms with Gasteiger partial charge in [-0.1, -0.05) is 89.8 Å². The van der Waals surface area contributed by atoms with Crippen LogP contribution in [0.15, 0.2) is 52.9 Å². The second-order valence-corrected chi connectivity index (χ2v) is 18.7. The maximum atomic E-state index is 14.6. The van der Waals surface area contributed by atoms with Crippen LogP contribution in [0.2, 0.25) is 0 Å². The third-order valence-corrected chi connectivity index (χ3v) is 15.7. The molecule has 8 atom stereocenters. The van der Waals surface area contributed by atoms with Gasteiger partial charge in [-0.05, 0) is 97.0 Å². The second-order valence-electron chi connectivity index (χ2n) is 16.6. The fourth-order valence-electron chi connectivity index (χ4n) is 11.1. The zero-order valence-corrected chi connectivity index (χ0v) is 29.5. The number of hydrogen-bond acceptors (Lipinski definition) is 5. The molecule has 45 heavy (non-hydrogen) atoms. The summed E-state index contributed by atoms with van der Waals surface area (Å²) in [5.41, 5.74) is 1.98. The minimum absolute atomic E-state index is 0.00176. The normalized spacial score (nSPS) is 35.0. The quantitative estimate of drug-likeness (QED) is 0.225. The van der Waals surface area contributed by atoms with Crippen molar-refractivity contribution in [1.29, 1.82) is 0 Å². The molecule has 0 radical (unpaired) electrons. The summed E-state index contributed by atoms with van der Waals surface area (Å²) in [5, 5.41) is 23.2. The highest BCUT2D eigenvalue weighted by atomic mass is 32.2. The summed E-state index contributed by atoms with van der Waals surface area (Å²) in [6, 6.07) is 11.1. The van der Waals surface area contributed by atoms with Crippen molar-refractivity contribution in [1.82, 2.24) is 0 Å². The lowest BCUT2D eigenvalue weighted by Crippen LogP contribution is -2.59. The molecule has 248 valence electrons. The van der Waals surface area contributed by atoms with Crippen LogP contribution in [0, 0.1) is 46.3 Å². The number of benzene rings is 2. The van der Waals surface area contributed by atoms with Crippen molar-refractivity contribution >= 4 is 26.3 Å². The first kappa shape index (κ1) is 33.0. The molecule has 0 amide bonds. The number of aliphatic hydroxyl groups is 2. The molecule has 1 unspecified atom stereocenters. The number of rotatable bonds is 8. The molecule has 2 aromatic rings. The van der Waals surface area contributed by atoms with E-state index >= 15 is 0 Å². The Bertz CT molecular complexity index is 1560. The molecule has 4 aliphatic carbocycles. The van der Waals surface area contributed by atoms with Crippen molar-refractivity contribution in [3.63, 3.8) is 0 Å². The highest BCUT2D eigenvalue weighted by Gasteiger charge is 2.63. The largest absolute Gasteiger partial charge is 0.377 e. The van der Waals surface area contributed by atoms with Gasteiger partial charge in [0.1, 0.15) is 5.25 Å². The van der Waals surface area contributed by atoms with E-state index < -0.39 is 20.9 Å². The lowest BCUT2D eigenvalue weighted by atomic mass is 9.46. The average molecular weight is 636 g/mol. The highest BCUT2D eigenvalue weighted by Crippen LogP contribution is 2.68. The van der Waals surface area contributed by atoms with Crippen LogP contribution in [0.1, 0.15) is 98.8 Å². The van der Waals surface area contributed by atoms with E-state index in [9.17, 15) is 18.6 Å². The Kier molecular flexibility index (Phi) is 8.56. The number of sulfone groups is 1. The Morgan fingerprint density at radius 3 is 2.36 bits per heavy atom. The monoisotopic (exact) mass is 635 g/mol. The SMILES string of the molecule is CC(C)CCC[C@@H](C)[C@H]1CC[C@H]2[C@@H]3CC=C4CC(O)(O)C(S(=O)(=O)c5cccc6c(N(C)C)cccc56)C[C@]4(C)[C@H]3CC[C@]12C. The van der Waals surface area contributed by atoms with E-state index in [1.807, 2.05) is 43.3 Å². The predicted molar refractivity (Wildman–Crippen MR) is 185 cm³/mol. The number of nitrogens with zero attached hydrogens (tertiary/aromatic N) is 1. The maximum Gasteiger partial charge on any atom is 0.187 e. The fourth-order valence-corrected chi connectivity index (χ4v) is 13.3. The van der Waals surface area contributed by atoms with Crippen LogP contribution in [0.5, 0.6) is 0 Å². The minimum atomic E-state index is -4.08. The van der Waals surface area contributed by atoms with Crippen LogP contribution in [0.4, 0.5) is 5.69 Å². The lowest BCUT2D eigenvalue weighted by Gasteiger charge is -2.60. The van der Waals surface area contributed by atoms with E-state index in [1.165, 1.54) is 38.5 Å². The summed E-state index contributed by atoms with van der Waals surface area (Å²) < 4.78 is 29.2. The standard InChI is InChI=1S/C39H57NO4S/c1-25(2)11-8-12-26(3)31-19-20-32-30-18-17-27-23-39(41,42)36(24-38(27,5)33(30)21-22-37(31,32)4)45(43,44)35-16-10-13-28-29(35)14-9-15-34(28)40(6)7/h9-10,13-17,25-26,30-33,36,41-42H,8,11-12,18-24H2,1-7H3/t26-,30+,31-,32+,33+,36?,37-,38+/m1/s1. The van der Waals surface area contributed by atoms with Crippen LogP contribution < -0.4 is 4.90 Å². The smallest absolute Gasteiger partial charge is 0.187 e. The Morgan fingerprint density at radius 2 is 1.64 bits per heavy atom.